The number of para-hydroxylation sites is 1. The highest BCUT2D eigenvalue weighted by Gasteiger charge is 2.59. The number of hydrogen-bond donors (Lipinski definition) is 0. The van der Waals surface area contributed by atoms with E-state index >= 15 is 0 Å². The summed E-state index contributed by atoms with van der Waals surface area (Å²) in [4.78, 5) is 14.7. The van der Waals surface area contributed by atoms with Gasteiger partial charge in [-0.25, -0.2) is 0 Å². The van der Waals surface area contributed by atoms with Gasteiger partial charge in [-0.3, -0.25) is 4.79 Å². The first-order valence-electron chi connectivity index (χ1n) is 6.06. The molecule has 16 heavy (non-hydrogen) atoms. The molecule has 1 aliphatic heterocycles. The van der Waals surface area contributed by atoms with Gasteiger partial charge >= 0.3 is 0 Å². The van der Waals surface area contributed by atoms with Crippen molar-refractivity contribution in [3.05, 3.63) is 29.8 Å². The molecule has 1 saturated carbocycles. The van der Waals surface area contributed by atoms with Crippen molar-refractivity contribution in [1.29, 1.82) is 0 Å². The Kier molecular flexibility index (Phi) is 1.91. The molecule has 1 aromatic carbocycles. The molecule has 0 atom stereocenters. The van der Waals surface area contributed by atoms with Gasteiger partial charge < -0.3 is 4.90 Å². The molecule has 0 saturated heterocycles. The predicted octanol–water partition coefficient (Wildman–Crippen LogP) is 2.88. The highest BCUT2D eigenvalue weighted by atomic mass is 16.1. The Balaban J connectivity index is 2.06. The molecule has 84 valence electrons. The number of nitrogens with zero attached hydrogens (tertiary/aromatic N) is 1. The van der Waals surface area contributed by atoms with Gasteiger partial charge in [0.05, 0.1) is 0 Å². The fraction of sp³-hybridized carbons (Fsp3) is 0.500. The summed E-state index contributed by atoms with van der Waals surface area (Å²) in [6, 6.07) is 8.05. The molecular formula is C14H17NO. The van der Waals surface area contributed by atoms with Crippen molar-refractivity contribution in [3.63, 3.8) is 0 Å². The van der Waals surface area contributed by atoms with E-state index in [0.29, 0.717) is 11.7 Å². The number of fused-ring (bicyclic) bond motifs is 1. The Bertz CT molecular complexity index is 446. The Morgan fingerprint density at radius 1 is 1.31 bits per heavy atom. The molecule has 1 heterocycles. The van der Waals surface area contributed by atoms with E-state index < -0.39 is 0 Å². The number of ketones is 1. The van der Waals surface area contributed by atoms with Crippen molar-refractivity contribution in [3.8, 4) is 0 Å². The van der Waals surface area contributed by atoms with E-state index in [1.54, 1.807) is 0 Å². The Morgan fingerprint density at radius 2 is 2.00 bits per heavy atom. The number of carbonyl (C=O) groups is 1. The Labute approximate surface area is 96.3 Å². The topological polar surface area (TPSA) is 20.3 Å². The highest BCUT2D eigenvalue weighted by molar-refractivity contribution is 6.15. The zero-order valence-corrected chi connectivity index (χ0v) is 9.86. The molecule has 1 spiro atoms. The normalized spacial score (nSPS) is 20.7. The van der Waals surface area contributed by atoms with Gasteiger partial charge in [-0.2, -0.15) is 0 Å². The quantitative estimate of drug-likeness (QED) is 0.756. The Hall–Kier alpha value is -1.31. The van der Waals surface area contributed by atoms with Crippen LogP contribution in [0, 0.1) is 5.92 Å². The lowest BCUT2D eigenvalue weighted by atomic mass is 10.1. The minimum atomic E-state index is -0.145. The average Bonchev–Trinajstić information content (AvgIpc) is 3.02. The summed E-state index contributed by atoms with van der Waals surface area (Å²) in [7, 11) is 0. The van der Waals surface area contributed by atoms with E-state index in [2.05, 4.69) is 24.8 Å². The number of anilines is 1. The van der Waals surface area contributed by atoms with Crippen molar-refractivity contribution in [2.24, 2.45) is 5.92 Å². The molecule has 1 fully saturated rings. The molecule has 0 radical (unpaired) electrons. The highest BCUT2D eigenvalue weighted by Crippen LogP contribution is 2.52. The first-order valence-corrected chi connectivity index (χ1v) is 6.06. The SMILES string of the molecule is CC(C)CN1c2ccccc2C(=O)C12CC2. The monoisotopic (exact) mass is 215 g/mol. The summed E-state index contributed by atoms with van der Waals surface area (Å²) in [5, 5.41) is 0. The van der Waals surface area contributed by atoms with Crippen LogP contribution in [0.15, 0.2) is 24.3 Å². The van der Waals surface area contributed by atoms with E-state index in [1.807, 2.05) is 18.2 Å². The summed E-state index contributed by atoms with van der Waals surface area (Å²) >= 11 is 0. The van der Waals surface area contributed by atoms with Crippen molar-refractivity contribution in [2.75, 3.05) is 11.4 Å². The molecule has 0 unspecified atom stereocenters. The average molecular weight is 215 g/mol. The second-order valence-corrected chi connectivity index (χ2v) is 5.38. The molecule has 0 aromatic heterocycles. The molecule has 2 aliphatic rings. The standard InChI is InChI=1S/C14H17NO/c1-10(2)9-15-12-6-4-3-5-11(12)13(16)14(15)7-8-14/h3-6,10H,7-9H2,1-2H3. The Morgan fingerprint density at radius 3 is 2.62 bits per heavy atom. The van der Waals surface area contributed by atoms with E-state index in [4.69, 9.17) is 0 Å². The predicted molar refractivity (Wildman–Crippen MR) is 64.9 cm³/mol. The molecule has 2 heteroatoms. The molecule has 2 nitrogen and oxygen atoms in total. The molecule has 0 amide bonds. The van der Waals surface area contributed by atoms with E-state index in [1.165, 1.54) is 0 Å². The van der Waals surface area contributed by atoms with Crippen LogP contribution in [0.25, 0.3) is 0 Å². The van der Waals surface area contributed by atoms with Gasteiger partial charge in [-0.05, 0) is 30.9 Å². The van der Waals surface area contributed by atoms with Gasteiger partial charge in [-0.1, -0.05) is 26.0 Å². The van der Waals surface area contributed by atoms with Gasteiger partial charge in [0, 0.05) is 17.8 Å². The van der Waals surface area contributed by atoms with Gasteiger partial charge in [0.1, 0.15) is 5.54 Å². The van der Waals surface area contributed by atoms with Crippen LogP contribution >= 0.6 is 0 Å². The second-order valence-electron chi connectivity index (χ2n) is 5.38. The third kappa shape index (κ3) is 1.16. The van der Waals surface area contributed by atoms with Crippen LogP contribution in [-0.2, 0) is 0 Å². The maximum Gasteiger partial charge on any atom is 0.190 e. The van der Waals surface area contributed by atoms with E-state index in [9.17, 15) is 4.79 Å². The third-order valence-electron chi connectivity index (χ3n) is 3.65. The molecule has 1 aliphatic carbocycles. The smallest absolute Gasteiger partial charge is 0.190 e. The molecule has 3 rings (SSSR count). The number of hydrogen-bond acceptors (Lipinski definition) is 2. The van der Waals surface area contributed by atoms with Gasteiger partial charge in [0.25, 0.3) is 0 Å². The van der Waals surface area contributed by atoms with Gasteiger partial charge in [-0.15, -0.1) is 0 Å². The van der Waals surface area contributed by atoms with Crippen LogP contribution in [0.1, 0.15) is 37.0 Å². The van der Waals surface area contributed by atoms with E-state index in [-0.39, 0.29) is 5.54 Å². The van der Waals surface area contributed by atoms with Crippen molar-refractivity contribution in [1.82, 2.24) is 0 Å². The van der Waals surface area contributed by atoms with Crippen molar-refractivity contribution < 1.29 is 4.79 Å². The summed E-state index contributed by atoms with van der Waals surface area (Å²) in [5.74, 6) is 0.945. The largest absolute Gasteiger partial charge is 0.358 e. The van der Waals surface area contributed by atoms with Crippen molar-refractivity contribution in [2.45, 2.75) is 32.2 Å². The van der Waals surface area contributed by atoms with Crippen molar-refractivity contribution >= 4 is 11.5 Å². The zero-order valence-electron chi connectivity index (χ0n) is 9.86. The van der Waals surface area contributed by atoms with Crippen LogP contribution < -0.4 is 4.90 Å². The van der Waals surface area contributed by atoms with Gasteiger partial charge in [0.15, 0.2) is 5.78 Å². The van der Waals surface area contributed by atoms with Crippen LogP contribution in [0.2, 0.25) is 0 Å². The maximum absolute atomic E-state index is 12.3. The summed E-state index contributed by atoms with van der Waals surface area (Å²) in [6.07, 6.45) is 2.07. The minimum Gasteiger partial charge on any atom is -0.358 e. The summed E-state index contributed by atoms with van der Waals surface area (Å²) < 4.78 is 0. The van der Waals surface area contributed by atoms with E-state index in [0.717, 1.165) is 30.6 Å². The zero-order chi connectivity index (χ0) is 11.3. The summed E-state index contributed by atoms with van der Waals surface area (Å²) in [6.45, 7) is 5.41. The fourth-order valence-corrected chi connectivity index (χ4v) is 2.76. The van der Waals surface area contributed by atoms with Crippen LogP contribution in [-0.4, -0.2) is 17.9 Å². The lowest BCUT2D eigenvalue weighted by molar-refractivity contribution is 0.0958. The minimum absolute atomic E-state index is 0.145. The fourth-order valence-electron chi connectivity index (χ4n) is 2.76. The van der Waals surface area contributed by atoms with Gasteiger partial charge in [0.2, 0.25) is 0 Å². The molecular weight excluding hydrogens is 198 g/mol. The number of rotatable bonds is 2. The molecule has 1 aromatic rings. The number of Topliss-reactive ketones (excluding diaryl/α,β-unsaturated/α-hetero) is 1. The third-order valence-corrected chi connectivity index (χ3v) is 3.65. The van der Waals surface area contributed by atoms with Crippen LogP contribution in [0.4, 0.5) is 5.69 Å². The lowest BCUT2D eigenvalue weighted by Gasteiger charge is -2.28. The number of carbonyl (C=O) groups excluding carboxylic acids is 1. The maximum atomic E-state index is 12.3. The number of benzene rings is 1. The van der Waals surface area contributed by atoms with Crippen LogP contribution in [0.3, 0.4) is 0 Å². The molecule has 0 bridgehead atoms. The van der Waals surface area contributed by atoms with Crippen LogP contribution in [0.5, 0.6) is 0 Å². The second kappa shape index (κ2) is 3.09. The first kappa shape index (κ1) is 9.88. The summed E-state index contributed by atoms with van der Waals surface area (Å²) in [5.41, 5.74) is 1.94. The molecule has 0 N–H and O–H groups in total. The lowest BCUT2D eigenvalue weighted by Crippen LogP contribution is -2.39. The first-order chi connectivity index (χ1) is 7.65.